The molecule has 0 aromatic carbocycles. The molecular weight excluding hydrogens is 294 g/mol. The average Bonchev–Trinajstić information content (AvgIpc) is 2.80. The van der Waals surface area contributed by atoms with Crippen LogP contribution < -0.4 is 0 Å². The molecule has 22 heavy (non-hydrogen) atoms. The monoisotopic (exact) mass is 321 g/mol. The van der Waals surface area contributed by atoms with Crippen molar-refractivity contribution in [2.45, 2.75) is 51.4 Å². The predicted molar refractivity (Wildman–Crippen MR) is 90.3 cm³/mol. The molecule has 2 fully saturated rings. The third-order valence-corrected chi connectivity index (χ3v) is 5.90. The van der Waals surface area contributed by atoms with Crippen LogP contribution in [0.1, 0.15) is 54.3 Å². The minimum absolute atomic E-state index is 0.319. The number of hydrogen-bond acceptors (Lipinski definition) is 4. The maximum absolute atomic E-state index is 12.6. The SMILES string of the molecule is Cc1cnc([C@@H]2CCCN(C(=O)CN3CCCCCC3)C2)s1. The summed E-state index contributed by atoms with van der Waals surface area (Å²) >= 11 is 1.79. The molecule has 4 nitrogen and oxygen atoms in total. The van der Waals surface area contributed by atoms with Crippen molar-refractivity contribution in [3.63, 3.8) is 0 Å². The van der Waals surface area contributed by atoms with Crippen LogP contribution in [0.2, 0.25) is 0 Å². The van der Waals surface area contributed by atoms with Gasteiger partial charge in [0.05, 0.1) is 11.6 Å². The van der Waals surface area contributed by atoms with Crippen LogP contribution in [0.5, 0.6) is 0 Å². The van der Waals surface area contributed by atoms with Gasteiger partial charge in [-0.2, -0.15) is 0 Å². The molecule has 3 rings (SSSR count). The third-order valence-electron chi connectivity index (χ3n) is 4.82. The lowest BCUT2D eigenvalue weighted by Gasteiger charge is -2.33. The minimum atomic E-state index is 0.319. The van der Waals surface area contributed by atoms with E-state index < -0.39 is 0 Å². The van der Waals surface area contributed by atoms with Crippen LogP contribution in [-0.4, -0.2) is 53.4 Å². The zero-order chi connectivity index (χ0) is 15.4. The molecule has 3 heterocycles. The fourth-order valence-corrected chi connectivity index (χ4v) is 4.45. The lowest BCUT2D eigenvalue weighted by molar-refractivity contribution is -0.133. The van der Waals surface area contributed by atoms with Crippen molar-refractivity contribution < 1.29 is 4.79 Å². The lowest BCUT2D eigenvalue weighted by Crippen LogP contribution is -2.44. The first-order valence-electron chi connectivity index (χ1n) is 8.65. The number of carbonyl (C=O) groups is 1. The standard InChI is InChI=1S/C17H27N3OS/c1-14-11-18-17(22-14)15-7-6-10-20(12-15)16(21)13-19-8-4-2-3-5-9-19/h11,15H,2-10,12-13H2,1H3/t15-/m1/s1. The Kier molecular flexibility index (Phi) is 5.47. The second-order valence-corrected chi connectivity index (χ2v) is 7.94. The predicted octanol–water partition coefficient (Wildman–Crippen LogP) is 3.03. The van der Waals surface area contributed by atoms with Crippen LogP contribution in [-0.2, 0) is 4.79 Å². The van der Waals surface area contributed by atoms with E-state index in [1.54, 1.807) is 11.3 Å². The van der Waals surface area contributed by atoms with Crippen molar-refractivity contribution in [2.75, 3.05) is 32.7 Å². The summed E-state index contributed by atoms with van der Waals surface area (Å²) in [6, 6.07) is 0. The number of piperidine rings is 1. The summed E-state index contributed by atoms with van der Waals surface area (Å²) in [6.07, 6.45) is 9.36. The maximum Gasteiger partial charge on any atom is 0.236 e. The molecular formula is C17H27N3OS. The van der Waals surface area contributed by atoms with E-state index in [0.717, 1.165) is 32.6 Å². The fourth-order valence-electron chi connectivity index (χ4n) is 3.55. The largest absolute Gasteiger partial charge is 0.341 e. The van der Waals surface area contributed by atoms with E-state index in [1.165, 1.54) is 42.0 Å². The highest BCUT2D eigenvalue weighted by Crippen LogP contribution is 2.29. The van der Waals surface area contributed by atoms with Crippen LogP contribution in [0.15, 0.2) is 6.20 Å². The second-order valence-electron chi connectivity index (χ2n) is 6.68. The zero-order valence-electron chi connectivity index (χ0n) is 13.6. The Morgan fingerprint density at radius 1 is 1.23 bits per heavy atom. The van der Waals surface area contributed by atoms with Crippen molar-refractivity contribution in [2.24, 2.45) is 0 Å². The molecule has 0 unspecified atom stereocenters. The van der Waals surface area contributed by atoms with E-state index in [9.17, 15) is 4.79 Å². The van der Waals surface area contributed by atoms with Gasteiger partial charge in [-0.3, -0.25) is 9.69 Å². The number of likely N-dealkylation sites (tertiary alicyclic amines) is 2. The number of thiazole rings is 1. The molecule has 122 valence electrons. The first kappa shape index (κ1) is 15.9. The molecule has 1 atom stereocenters. The van der Waals surface area contributed by atoms with Gasteiger partial charge in [0.1, 0.15) is 0 Å². The molecule has 5 heteroatoms. The van der Waals surface area contributed by atoms with E-state index in [1.807, 2.05) is 6.20 Å². The molecule has 0 saturated carbocycles. The van der Waals surface area contributed by atoms with E-state index in [-0.39, 0.29) is 0 Å². The Bertz CT molecular complexity index is 494. The summed E-state index contributed by atoms with van der Waals surface area (Å²) in [6.45, 7) is 6.69. The van der Waals surface area contributed by atoms with E-state index in [4.69, 9.17) is 0 Å². The molecule has 0 radical (unpaired) electrons. The van der Waals surface area contributed by atoms with Gasteiger partial charge in [-0.15, -0.1) is 11.3 Å². The summed E-state index contributed by atoms with van der Waals surface area (Å²) in [5, 5.41) is 1.21. The average molecular weight is 321 g/mol. The molecule has 1 amide bonds. The molecule has 2 aliphatic heterocycles. The molecule has 0 spiro atoms. The molecule has 0 N–H and O–H groups in total. The van der Waals surface area contributed by atoms with Gasteiger partial charge >= 0.3 is 0 Å². The second kappa shape index (κ2) is 7.55. The molecule has 0 bridgehead atoms. The molecule has 1 aromatic rings. The highest BCUT2D eigenvalue weighted by Gasteiger charge is 2.27. The number of nitrogens with zero attached hydrogens (tertiary/aromatic N) is 3. The minimum Gasteiger partial charge on any atom is -0.341 e. The van der Waals surface area contributed by atoms with E-state index in [0.29, 0.717) is 18.4 Å². The number of hydrogen-bond donors (Lipinski definition) is 0. The van der Waals surface area contributed by atoms with Crippen LogP contribution >= 0.6 is 11.3 Å². The Hall–Kier alpha value is -0.940. The van der Waals surface area contributed by atoms with Crippen molar-refractivity contribution in [3.8, 4) is 0 Å². The summed E-state index contributed by atoms with van der Waals surface area (Å²) in [7, 11) is 0. The fraction of sp³-hybridized carbons (Fsp3) is 0.765. The molecule has 2 aliphatic rings. The zero-order valence-corrected chi connectivity index (χ0v) is 14.4. The molecule has 1 aromatic heterocycles. The third kappa shape index (κ3) is 4.07. The summed E-state index contributed by atoms with van der Waals surface area (Å²) in [5.41, 5.74) is 0. The Balaban J connectivity index is 1.55. The van der Waals surface area contributed by atoms with Gasteiger partial charge in [0.15, 0.2) is 0 Å². The summed E-state index contributed by atoms with van der Waals surface area (Å²) in [4.78, 5) is 22.9. The van der Waals surface area contributed by atoms with Gasteiger partial charge in [0, 0.05) is 30.1 Å². The number of aromatic nitrogens is 1. The number of carbonyl (C=O) groups excluding carboxylic acids is 1. The van der Waals surface area contributed by atoms with Crippen LogP contribution in [0.25, 0.3) is 0 Å². The number of amides is 1. The first-order valence-corrected chi connectivity index (χ1v) is 9.46. The topological polar surface area (TPSA) is 36.4 Å². The van der Waals surface area contributed by atoms with Gasteiger partial charge in [0.25, 0.3) is 0 Å². The van der Waals surface area contributed by atoms with Gasteiger partial charge < -0.3 is 4.90 Å². The van der Waals surface area contributed by atoms with Gasteiger partial charge in [0.2, 0.25) is 5.91 Å². The van der Waals surface area contributed by atoms with Crippen LogP contribution in [0.4, 0.5) is 0 Å². The Morgan fingerprint density at radius 2 is 2.00 bits per heavy atom. The summed E-state index contributed by atoms with van der Waals surface area (Å²) < 4.78 is 0. The molecule has 0 aliphatic carbocycles. The quantitative estimate of drug-likeness (QED) is 0.858. The first-order chi connectivity index (χ1) is 10.7. The Labute approximate surface area is 137 Å². The van der Waals surface area contributed by atoms with Crippen LogP contribution in [0, 0.1) is 6.92 Å². The Morgan fingerprint density at radius 3 is 2.68 bits per heavy atom. The number of rotatable bonds is 3. The van der Waals surface area contributed by atoms with Crippen molar-refractivity contribution in [3.05, 3.63) is 16.1 Å². The summed E-state index contributed by atoms with van der Waals surface area (Å²) in [5.74, 6) is 0.764. The highest BCUT2D eigenvalue weighted by atomic mass is 32.1. The lowest BCUT2D eigenvalue weighted by atomic mass is 9.98. The van der Waals surface area contributed by atoms with Gasteiger partial charge in [-0.05, 0) is 45.7 Å². The normalized spacial score (nSPS) is 24.2. The number of aryl methyl sites for hydroxylation is 1. The van der Waals surface area contributed by atoms with Crippen LogP contribution in [0.3, 0.4) is 0 Å². The van der Waals surface area contributed by atoms with Crippen molar-refractivity contribution >= 4 is 17.2 Å². The smallest absolute Gasteiger partial charge is 0.236 e. The van der Waals surface area contributed by atoms with E-state index >= 15 is 0 Å². The van der Waals surface area contributed by atoms with E-state index in [2.05, 4.69) is 21.7 Å². The van der Waals surface area contributed by atoms with Crippen molar-refractivity contribution in [1.29, 1.82) is 0 Å². The van der Waals surface area contributed by atoms with Crippen molar-refractivity contribution in [1.82, 2.24) is 14.8 Å². The van der Waals surface area contributed by atoms with Gasteiger partial charge in [-0.25, -0.2) is 4.98 Å². The molecule has 2 saturated heterocycles. The highest BCUT2D eigenvalue weighted by molar-refractivity contribution is 7.11. The maximum atomic E-state index is 12.6. The van der Waals surface area contributed by atoms with Gasteiger partial charge in [-0.1, -0.05) is 12.8 Å².